The Morgan fingerprint density at radius 2 is 1.36 bits per heavy atom. The van der Waals surface area contributed by atoms with Crippen molar-refractivity contribution in [3.8, 4) is 0 Å². The third-order valence-electron chi connectivity index (χ3n) is 7.79. The van der Waals surface area contributed by atoms with Crippen molar-refractivity contribution in [2.75, 3.05) is 5.73 Å². The molecule has 1 fully saturated rings. The first kappa shape index (κ1) is 38.0. The number of nitrogens with two attached hydrogens (primary N) is 3. The lowest BCUT2D eigenvalue weighted by Gasteiger charge is -2.38. The lowest BCUT2D eigenvalue weighted by molar-refractivity contribution is -0.155. The fourth-order valence-corrected chi connectivity index (χ4v) is 5.30. The smallest absolute Gasteiger partial charge is 0.317 e. The highest BCUT2D eigenvalue weighted by atomic mass is 16.4. The van der Waals surface area contributed by atoms with Gasteiger partial charge in [0.15, 0.2) is 5.92 Å². The Morgan fingerprint density at radius 3 is 1.87 bits per heavy atom. The molecular weight excluding hydrogens is 618 g/mol. The summed E-state index contributed by atoms with van der Waals surface area (Å²) in [6.45, 7) is 3.50. The Balaban J connectivity index is 2.40. The standard InChI is InChI=1S/C30H43N7O10/c1-15(2)12-20(26(42)37-30(10-6-3-7-11-30)29(47)36-19(23(33)39)14-22(32)38)35-25(41)21(13-17(27(43)44)28(45)46)34-24(40)16-8-4-5-9-18(16)31/h4-5,8-9,15,17,19-21H,3,6-7,10-14,31H2,1-2H3,(H2,32,38)(H2,33,39)(H,34,40)(H,35,41)(H,36,47)(H,37,42)(H,43,44)(H,45,46)/t19-,20-,21-/m0/s1. The number of carbonyl (C=O) groups is 8. The molecule has 1 aromatic rings. The molecule has 0 saturated heterocycles. The van der Waals surface area contributed by atoms with Crippen molar-refractivity contribution in [3.05, 3.63) is 29.8 Å². The minimum atomic E-state index is -2.09. The van der Waals surface area contributed by atoms with Crippen LogP contribution in [0.25, 0.3) is 0 Å². The first-order valence-electron chi connectivity index (χ1n) is 15.1. The minimum Gasteiger partial charge on any atom is -0.481 e. The number of carbonyl (C=O) groups excluding carboxylic acids is 6. The van der Waals surface area contributed by atoms with E-state index in [1.165, 1.54) is 18.2 Å². The van der Waals surface area contributed by atoms with Gasteiger partial charge in [0.25, 0.3) is 5.91 Å². The van der Waals surface area contributed by atoms with Gasteiger partial charge in [-0.05, 0) is 37.3 Å². The van der Waals surface area contributed by atoms with E-state index >= 15 is 0 Å². The summed E-state index contributed by atoms with van der Waals surface area (Å²) in [5, 5.41) is 28.9. The predicted molar refractivity (Wildman–Crippen MR) is 166 cm³/mol. The van der Waals surface area contributed by atoms with E-state index in [1.54, 1.807) is 19.9 Å². The van der Waals surface area contributed by atoms with Gasteiger partial charge in [0, 0.05) is 12.1 Å². The molecule has 0 unspecified atom stereocenters. The number of para-hydroxylation sites is 1. The van der Waals surface area contributed by atoms with E-state index in [0.29, 0.717) is 12.8 Å². The van der Waals surface area contributed by atoms with Crippen molar-refractivity contribution < 1.29 is 48.6 Å². The predicted octanol–water partition coefficient (Wildman–Crippen LogP) is -1.26. The summed E-state index contributed by atoms with van der Waals surface area (Å²) in [7, 11) is 0. The third-order valence-corrected chi connectivity index (χ3v) is 7.79. The number of hydrogen-bond acceptors (Lipinski definition) is 9. The van der Waals surface area contributed by atoms with Gasteiger partial charge >= 0.3 is 11.9 Å². The van der Waals surface area contributed by atoms with E-state index in [-0.39, 0.29) is 36.4 Å². The Labute approximate surface area is 270 Å². The Hall–Kier alpha value is -5.22. The summed E-state index contributed by atoms with van der Waals surface area (Å²) in [6.07, 6.45) is 0.699. The highest BCUT2D eigenvalue weighted by molar-refractivity contribution is 6.03. The van der Waals surface area contributed by atoms with E-state index in [0.717, 1.165) is 6.42 Å². The average Bonchev–Trinajstić information content (AvgIpc) is 2.98. The zero-order chi connectivity index (χ0) is 35.5. The van der Waals surface area contributed by atoms with Crippen molar-refractivity contribution in [1.29, 1.82) is 0 Å². The largest absolute Gasteiger partial charge is 0.481 e. The molecular formula is C30H43N7O10. The highest BCUT2D eigenvalue weighted by Gasteiger charge is 2.44. The van der Waals surface area contributed by atoms with E-state index in [9.17, 15) is 48.6 Å². The molecule has 0 aromatic heterocycles. The molecule has 0 spiro atoms. The molecule has 17 nitrogen and oxygen atoms in total. The molecule has 2 rings (SSSR count). The third kappa shape index (κ3) is 11.0. The van der Waals surface area contributed by atoms with Crippen molar-refractivity contribution in [3.63, 3.8) is 0 Å². The van der Waals surface area contributed by atoms with Crippen LogP contribution >= 0.6 is 0 Å². The van der Waals surface area contributed by atoms with Crippen molar-refractivity contribution >= 4 is 53.1 Å². The van der Waals surface area contributed by atoms with Crippen LogP contribution in [-0.2, 0) is 33.6 Å². The summed E-state index contributed by atoms with van der Waals surface area (Å²) >= 11 is 0. The highest BCUT2D eigenvalue weighted by Crippen LogP contribution is 2.29. The molecule has 1 aromatic carbocycles. The van der Waals surface area contributed by atoms with Gasteiger partial charge in [-0.15, -0.1) is 0 Å². The number of carboxylic acid groups (broad SMARTS) is 2. The number of benzene rings is 1. The van der Waals surface area contributed by atoms with Crippen molar-refractivity contribution in [2.24, 2.45) is 23.3 Å². The Kier molecular flexibility index (Phi) is 13.7. The first-order valence-corrected chi connectivity index (χ1v) is 15.1. The lowest BCUT2D eigenvalue weighted by atomic mass is 9.80. The normalized spacial score (nSPS) is 15.8. The van der Waals surface area contributed by atoms with E-state index in [2.05, 4.69) is 21.3 Å². The summed E-state index contributed by atoms with van der Waals surface area (Å²) in [6, 6.07) is 1.32. The number of hydrogen-bond donors (Lipinski definition) is 9. The molecule has 0 bridgehead atoms. The summed E-state index contributed by atoms with van der Waals surface area (Å²) in [5.41, 5.74) is 14.8. The van der Waals surface area contributed by atoms with Crippen LogP contribution in [0.15, 0.2) is 24.3 Å². The van der Waals surface area contributed by atoms with Gasteiger partial charge in [0.1, 0.15) is 23.7 Å². The van der Waals surface area contributed by atoms with E-state index in [4.69, 9.17) is 17.2 Å². The number of nitrogens with one attached hydrogen (secondary N) is 4. The zero-order valence-corrected chi connectivity index (χ0v) is 26.2. The fourth-order valence-electron chi connectivity index (χ4n) is 5.30. The number of anilines is 1. The SMILES string of the molecule is CC(C)C[C@H](NC(=O)[C@H](CC(C(=O)O)C(=O)O)NC(=O)c1ccccc1N)C(=O)NC1(C(=O)N[C@@H](CC(N)=O)C(N)=O)CCCCC1. The first-order chi connectivity index (χ1) is 22.0. The van der Waals surface area contributed by atoms with Crippen LogP contribution in [0.1, 0.15) is 75.6 Å². The number of amides is 6. The maximum Gasteiger partial charge on any atom is 0.317 e. The Bertz CT molecular complexity index is 1360. The molecule has 0 heterocycles. The second-order valence-corrected chi connectivity index (χ2v) is 12.0. The van der Waals surface area contributed by atoms with Crippen LogP contribution in [0.4, 0.5) is 5.69 Å². The molecule has 0 radical (unpaired) electrons. The minimum absolute atomic E-state index is 0.0223. The molecule has 6 amide bonds. The molecule has 258 valence electrons. The van der Waals surface area contributed by atoms with Crippen LogP contribution in [0.5, 0.6) is 0 Å². The molecule has 17 heteroatoms. The van der Waals surface area contributed by atoms with Crippen molar-refractivity contribution in [1.82, 2.24) is 21.3 Å². The van der Waals surface area contributed by atoms with Gasteiger partial charge in [0.05, 0.1) is 12.0 Å². The van der Waals surface area contributed by atoms with Gasteiger partial charge in [-0.2, -0.15) is 0 Å². The van der Waals surface area contributed by atoms with Crippen LogP contribution in [0, 0.1) is 11.8 Å². The van der Waals surface area contributed by atoms with Crippen LogP contribution in [0.2, 0.25) is 0 Å². The van der Waals surface area contributed by atoms with Crippen LogP contribution in [-0.4, -0.2) is 81.3 Å². The molecule has 1 aliphatic carbocycles. The summed E-state index contributed by atoms with van der Waals surface area (Å²) in [5.74, 6) is -11.2. The number of carboxylic acids is 2. The van der Waals surface area contributed by atoms with Crippen molar-refractivity contribution in [2.45, 2.75) is 88.9 Å². The van der Waals surface area contributed by atoms with Gasteiger partial charge in [-0.25, -0.2) is 0 Å². The lowest BCUT2D eigenvalue weighted by Crippen LogP contribution is -2.65. The van der Waals surface area contributed by atoms with E-state index < -0.39 is 89.8 Å². The molecule has 1 aliphatic rings. The topological polar surface area (TPSA) is 303 Å². The zero-order valence-electron chi connectivity index (χ0n) is 26.2. The van der Waals surface area contributed by atoms with Gasteiger partial charge in [-0.3, -0.25) is 38.4 Å². The number of primary amides is 2. The second kappa shape index (κ2) is 16.9. The van der Waals surface area contributed by atoms with E-state index in [1.807, 2.05) is 0 Å². The maximum absolute atomic E-state index is 13.8. The van der Waals surface area contributed by atoms with Gasteiger partial charge in [-0.1, -0.05) is 45.2 Å². The quantitative estimate of drug-likeness (QED) is 0.0701. The number of nitrogen functional groups attached to an aromatic ring is 1. The molecule has 1 saturated carbocycles. The second-order valence-electron chi connectivity index (χ2n) is 12.0. The molecule has 3 atom stereocenters. The van der Waals surface area contributed by atoms with Crippen LogP contribution in [0.3, 0.4) is 0 Å². The molecule has 0 aliphatic heterocycles. The summed E-state index contributed by atoms with van der Waals surface area (Å²) < 4.78 is 0. The van der Waals surface area contributed by atoms with Gasteiger partial charge in [0.2, 0.25) is 29.5 Å². The number of aliphatic carboxylic acids is 2. The average molecular weight is 662 g/mol. The maximum atomic E-state index is 13.8. The van der Waals surface area contributed by atoms with Gasteiger partial charge < -0.3 is 48.7 Å². The molecule has 12 N–H and O–H groups in total. The van der Waals surface area contributed by atoms with Crippen LogP contribution < -0.4 is 38.5 Å². The fraction of sp³-hybridized carbons (Fsp3) is 0.533. The Morgan fingerprint density at radius 1 is 0.787 bits per heavy atom. The summed E-state index contributed by atoms with van der Waals surface area (Å²) in [4.78, 5) is 101. The number of rotatable bonds is 17. The molecule has 47 heavy (non-hydrogen) atoms. The monoisotopic (exact) mass is 661 g/mol.